The van der Waals surface area contributed by atoms with Gasteiger partial charge in [-0.2, -0.15) is 0 Å². The minimum Gasteiger partial charge on any atom is -0.507 e. The Morgan fingerprint density at radius 3 is 2.60 bits per heavy atom. The smallest absolute Gasteiger partial charge is 0.303 e. The zero-order valence-corrected chi connectivity index (χ0v) is 9.08. The molecule has 0 heterocycles. The van der Waals surface area contributed by atoms with Crippen molar-refractivity contribution in [2.75, 3.05) is 0 Å². The first kappa shape index (κ1) is 11.6. The monoisotopic (exact) mass is 208 g/mol. The number of hydrogen-bond acceptors (Lipinski definition) is 2. The van der Waals surface area contributed by atoms with E-state index >= 15 is 0 Å². The number of phenols is 1. The van der Waals surface area contributed by atoms with Crippen LogP contribution >= 0.6 is 0 Å². The average molecular weight is 208 g/mol. The second-order valence-corrected chi connectivity index (χ2v) is 3.67. The molecule has 0 saturated heterocycles. The number of aliphatic carboxylic acids is 1. The van der Waals surface area contributed by atoms with Crippen molar-refractivity contribution in [1.29, 1.82) is 0 Å². The predicted molar refractivity (Wildman–Crippen MR) is 58.2 cm³/mol. The Morgan fingerprint density at radius 2 is 2.07 bits per heavy atom. The van der Waals surface area contributed by atoms with Crippen LogP contribution in [0.4, 0.5) is 0 Å². The highest BCUT2D eigenvalue weighted by Gasteiger charge is 2.06. The van der Waals surface area contributed by atoms with Gasteiger partial charge in [0.05, 0.1) is 0 Å². The summed E-state index contributed by atoms with van der Waals surface area (Å²) in [4.78, 5) is 10.4. The maximum atomic E-state index is 10.4. The largest absolute Gasteiger partial charge is 0.507 e. The molecule has 0 aromatic heterocycles. The van der Waals surface area contributed by atoms with E-state index in [1.807, 2.05) is 26.0 Å². The summed E-state index contributed by atoms with van der Waals surface area (Å²) in [6.07, 6.45) is 1.41. The lowest BCUT2D eigenvalue weighted by atomic mass is 10.0. The van der Waals surface area contributed by atoms with Gasteiger partial charge in [0.25, 0.3) is 0 Å². The molecule has 2 N–H and O–H groups in total. The Labute approximate surface area is 89.4 Å². The van der Waals surface area contributed by atoms with E-state index in [1.165, 1.54) is 0 Å². The van der Waals surface area contributed by atoms with E-state index in [4.69, 9.17) is 5.11 Å². The highest BCUT2D eigenvalue weighted by Crippen LogP contribution is 2.24. The Kier molecular flexibility index (Phi) is 3.72. The first-order valence-electron chi connectivity index (χ1n) is 5.07. The predicted octanol–water partition coefficient (Wildman–Crippen LogP) is 2.28. The van der Waals surface area contributed by atoms with Crippen LogP contribution in [0.15, 0.2) is 12.1 Å². The van der Waals surface area contributed by atoms with Crippen molar-refractivity contribution in [3.05, 3.63) is 28.8 Å². The van der Waals surface area contributed by atoms with Crippen LogP contribution in [-0.2, 0) is 17.6 Å². The van der Waals surface area contributed by atoms with E-state index in [0.29, 0.717) is 12.2 Å². The zero-order valence-electron chi connectivity index (χ0n) is 9.08. The van der Waals surface area contributed by atoms with Crippen molar-refractivity contribution in [2.24, 2.45) is 0 Å². The van der Waals surface area contributed by atoms with Crippen LogP contribution in [0.3, 0.4) is 0 Å². The maximum absolute atomic E-state index is 10.4. The number of hydrogen-bond donors (Lipinski definition) is 2. The highest BCUT2D eigenvalue weighted by atomic mass is 16.4. The van der Waals surface area contributed by atoms with Gasteiger partial charge in [-0.05, 0) is 36.5 Å². The summed E-state index contributed by atoms with van der Waals surface area (Å²) in [5.74, 6) is -0.463. The number of benzene rings is 1. The molecule has 82 valence electrons. The van der Waals surface area contributed by atoms with Crippen LogP contribution in [-0.4, -0.2) is 16.2 Å². The molecule has 0 unspecified atom stereocenters. The van der Waals surface area contributed by atoms with Gasteiger partial charge >= 0.3 is 5.97 Å². The van der Waals surface area contributed by atoms with Gasteiger partial charge in [-0.15, -0.1) is 0 Å². The third-order valence-electron chi connectivity index (χ3n) is 2.45. The Morgan fingerprint density at radius 1 is 1.40 bits per heavy atom. The van der Waals surface area contributed by atoms with Crippen molar-refractivity contribution >= 4 is 5.97 Å². The SMILES string of the molecule is CCc1cc(CCC(=O)O)cc(C)c1O. The summed E-state index contributed by atoms with van der Waals surface area (Å²) in [5, 5.41) is 18.3. The van der Waals surface area contributed by atoms with Crippen LogP contribution in [0, 0.1) is 6.92 Å². The standard InChI is InChI=1S/C12H16O3/c1-3-10-7-9(4-5-11(13)14)6-8(2)12(10)15/h6-7,15H,3-5H2,1-2H3,(H,13,14). The minimum atomic E-state index is -0.793. The molecule has 0 atom stereocenters. The van der Waals surface area contributed by atoms with Gasteiger partial charge in [-0.1, -0.05) is 19.1 Å². The lowest BCUT2D eigenvalue weighted by molar-refractivity contribution is -0.136. The van der Waals surface area contributed by atoms with Crippen molar-refractivity contribution in [1.82, 2.24) is 0 Å². The molecule has 0 fully saturated rings. The molecule has 0 aliphatic heterocycles. The van der Waals surface area contributed by atoms with Crippen LogP contribution < -0.4 is 0 Å². The molecular weight excluding hydrogens is 192 g/mol. The van der Waals surface area contributed by atoms with Gasteiger partial charge in [-0.3, -0.25) is 4.79 Å². The van der Waals surface area contributed by atoms with Crippen LogP contribution in [0.5, 0.6) is 5.75 Å². The third-order valence-corrected chi connectivity index (χ3v) is 2.45. The molecule has 0 amide bonds. The van der Waals surface area contributed by atoms with E-state index in [0.717, 1.165) is 23.1 Å². The number of carboxylic acids is 1. The van der Waals surface area contributed by atoms with Gasteiger partial charge in [0, 0.05) is 6.42 Å². The zero-order chi connectivity index (χ0) is 11.4. The summed E-state index contributed by atoms with van der Waals surface area (Å²) in [6, 6.07) is 3.72. The van der Waals surface area contributed by atoms with Gasteiger partial charge in [-0.25, -0.2) is 0 Å². The Bertz CT molecular complexity index is 369. The van der Waals surface area contributed by atoms with Crippen molar-refractivity contribution in [2.45, 2.75) is 33.1 Å². The lowest BCUT2D eigenvalue weighted by Gasteiger charge is -2.08. The molecule has 3 heteroatoms. The summed E-state index contributed by atoms with van der Waals surface area (Å²) < 4.78 is 0. The van der Waals surface area contributed by atoms with Crippen LogP contribution in [0.25, 0.3) is 0 Å². The Balaban J connectivity index is 2.90. The first-order chi connectivity index (χ1) is 7.04. The Hall–Kier alpha value is -1.51. The fraction of sp³-hybridized carbons (Fsp3) is 0.417. The molecule has 0 spiro atoms. The molecule has 15 heavy (non-hydrogen) atoms. The van der Waals surface area contributed by atoms with Gasteiger partial charge in [0.2, 0.25) is 0 Å². The first-order valence-corrected chi connectivity index (χ1v) is 5.07. The van der Waals surface area contributed by atoms with Gasteiger partial charge in [0.15, 0.2) is 0 Å². The van der Waals surface area contributed by atoms with Gasteiger partial charge in [0.1, 0.15) is 5.75 Å². The molecular formula is C12H16O3. The molecule has 1 aromatic rings. The average Bonchev–Trinajstić information content (AvgIpc) is 2.19. The second-order valence-electron chi connectivity index (χ2n) is 3.67. The van der Waals surface area contributed by atoms with E-state index in [1.54, 1.807) is 0 Å². The quantitative estimate of drug-likeness (QED) is 0.798. The van der Waals surface area contributed by atoms with E-state index in [-0.39, 0.29) is 6.42 Å². The minimum absolute atomic E-state index is 0.132. The number of carboxylic acid groups (broad SMARTS) is 1. The molecule has 0 saturated carbocycles. The number of rotatable bonds is 4. The highest BCUT2D eigenvalue weighted by molar-refractivity contribution is 5.67. The number of phenolic OH excluding ortho intramolecular Hbond substituents is 1. The second kappa shape index (κ2) is 4.82. The fourth-order valence-electron chi connectivity index (χ4n) is 1.60. The van der Waals surface area contributed by atoms with Crippen LogP contribution in [0.1, 0.15) is 30.0 Å². The molecule has 0 aliphatic rings. The number of aryl methyl sites for hydroxylation is 3. The molecule has 1 aromatic carbocycles. The molecule has 0 bridgehead atoms. The lowest BCUT2D eigenvalue weighted by Crippen LogP contribution is -1.98. The normalized spacial score (nSPS) is 10.3. The molecule has 0 radical (unpaired) electrons. The molecule has 0 aliphatic carbocycles. The summed E-state index contributed by atoms with van der Waals surface area (Å²) >= 11 is 0. The van der Waals surface area contributed by atoms with Crippen molar-refractivity contribution in [3.8, 4) is 5.75 Å². The van der Waals surface area contributed by atoms with E-state index < -0.39 is 5.97 Å². The summed E-state index contributed by atoms with van der Waals surface area (Å²) in [6.45, 7) is 3.80. The third kappa shape index (κ3) is 2.98. The maximum Gasteiger partial charge on any atom is 0.303 e. The van der Waals surface area contributed by atoms with E-state index in [9.17, 15) is 9.90 Å². The van der Waals surface area contributed by atoms with Crippen LogP contribution in [0.2, 0.25) is 0 Å². The van der Waals surface area contributed by atoms with Gasteiger partial charge < -0.3 is 10.2 Å². The fourth-order valence-corrected chi connectivity index (χ4v) is 1.60. The summed E-state index contributed by atoms with van der Waals surface area (Å²) in [7, 11) is 0. The number of carbonyl (C=O) groups is 1. The molecule has 3 nitrogen and oxygen atoms in total. The van der Waals surface area contributed by atoms with E-state index in [2.05, 4.69) is 0 Å². The topological polar surface area (TPSA) is 57.5 Å². The van der Waals surface area contributed by atoms with Crippen molar-refractivity contribution < 1.29 is 15.0 Å². The van der Waals surface area contributed by atoms with Crippen molar-refractivity contribution in [3.63, 3.8) is 0 Å². The number of aromatic hydroxyl groups is 1. The molecule has 1 rings (SSSR count). The summed E-state index contributed by atoms with van der Waals surface area (Å²) in [5.41, 5.74) is 2.68.